The molecule has 0 fully saturated rings. The number of halogens is 2. The molecule has 6 nitrogen and oxygen atoms in total. The van der Waals surface area contributed by atoms with Crippen LogP contribution in [0.2, 0.25) is 5.02 Å². The zero-order valence-electron chi connectivity index (χ0n) is 15.5. The van der Waals surface area contributed by atoms with E-state index in [9.17, 15) is 9.18 Å². The maximum Gasteiger partial charge on any atom is 0.234 e. The van der Waals surface area contributed by atoms with Crippen LogP contribution in [0.4, 0.5) is 10.1 Å². The lowest BCUT2D eigenvalue weighted by molar-refractivity contribution is -0.113. The summed E-state index contributed by atoms with van der Waals surface area (Å²) < 4.78 is 15.1. The van der Waals surface area contributed by atoms with Crippen molar-refractivity contribution in [2.45, 2.75) is 5.16 Å². The Labute approximate surface area is 181 Å². The highest BCUT2D eigenvalue weighted by atomic mass is 35.5. The maximum atomic E-state index is 13.2. The van der Waals surface area contributed by atoms with Crippen LogP contribution in [0.3, 0.4) is 0 Å². The molecule has 0 bridgehead atoms. The largest absolute Gasteiger partial charge is 0.324 e. The van der Waals surface area contributed by atoms with Crippen LogP contribution in [0, 0.1) is 5.82 Å². The maximum absolute atomic E-state index is 13.2. The summed E-state index contributed by atoms with van der Waals surface area (Å²) in [5, 5.41) is 12.0. The molecule has 9 heteroatoms. The number of hydrogen-bond donors (Lipinski definition) is 1. The van der Waals surface area contributed by atoms with Gasteiger partial charge in [-0.05, 0) is 42.5 Å². The summed E-state index contributed by atoms with van der Waals surface area (Å²) in [7, 11) is 0. The van der Waals surface area contributed by atoms with Crippen LogP contribution in [-0.4, -0.2) is 31.4 Å². The van der Waals surface area contributed by atoms with Gasteiger partial charge in [0.15, 0.2) is 11.0 Å². The van der Waals surface area contributed by atoms with Gasteiger partial charge in [-0.2, -0.15) is 0 Å². The number of pyridine rings is 1. The van der Waals surface area contributed by atoms with E-state index in [-0.39, 0.29) is 16.7 Å². The number of para-hydroxylation sites is 1. The lowest BCUT2D eigenvalue weighted by Crippen LogP contribution is -2.15. The minimum atomic E-state index is -0.466. The molecule has 0 spiro atoms. The first-order valence-corrected chi connectivity index (χ1v) is 10.3. The van der Waals surface area contributed by atoms with Crippen LogP contribution in [0.5, 0.6) is 0 Å². The van der Waals surface area contributed by atoms with Gasteiger partial charge in [-0.25, -0.2) is 4.39 Å². The van der Waals surface area contributed by atoms with Gasteiger partial charge in [0, 0.05) is 23.6 Å². The number of amides is 1. The number of carbonyl (C=O) groups excluding carboxylic acids is 1. The summed E-state index contributed by atoms with van der Waals surface area (Å²) in [6, 6.07) is 17.2. The molecule has 1 N–H and O–H groups in total. The minimum Gasteiger partial charge on any atom is -0.324 e. The molecule has 0 radical (unpaired) electrons. The quantitative estimate of drug-likeness (QED) is 0.435. The minimum absolute atomic E-state index is 0.0784. The van der Waals surface area contributed by atoms with Crippen LogP contribution in [0.1, 0.15) is 0 Å². The van der Waals surface area contributed by atoms with E-state index in [0.29, 0.717) is 16.7 Å². The van der Waals surface area contributed by atoms with Crippen molar-refractivity contribution in [2.75, 3.05) is 11.1 Å². The van der Waals surface area contributed by atoms with E-state index in [1.54, 1.807) is 12.4 Å². The SMILES string of the molecule is O=C(CSc1nnc(-c2ccncc2)n1-c1ccccc1)Nc1ccc(F)cc1Cl. The van der Waals surface area contributed by atoms with E-state index in [0.717, 1.165) is 17.3 Å². The molecular weight excluding hydrogens is 425 g/mol. The molecule has 0 saturated heterocycles. The normalized spacial score (nSPS) is 10.7. The van der Waals surface area contributed by atoms with Crippen molar-refractivity contribution in [2.24, 2.45) is 0 Å². The third-order valence-corrected chi connectivity index (χ3v) is 5.37. The predicted octanol–water partition coefficient (Wildman–Crippen LogP) is 4.85. The van der Waals surface area contributed by atoms with Gasteiger partial charge < -0.3 is 5.32 Å². The molecule has 4 rings (SSSR count). The summed E-state index contributed by atoms with van der Waals surface area (Å²) in [5.74, 6) is -0.0312. The summed E-state index contributed by atoms with van der Waals surface area (Å²) in [5.41, 5.74) is 2.08. The Balaban J connectivity index is 1.57. The van der Waals surface area contributed by atoms with E-state index in [1.807, 2.05) is 47.0 Å². The van der Waals surface area contributed by atoms with Crippen LogP contribution in [0.15, 0.2) is 78.2 Å². The van der Waals surface area contributed by atoms with Gasteiger partial charge in [0.25, 0.3) is 0 Å². The van der Waals surface area contributed by atoms with Gasteiger partial charge in [-0.1, -0.05) is 41.6 Å². The lowest BCUT2D eigenvalue weighted by atomic mass is 10.2. The smallest absolute Gasteiger partial charge is 0.234 e. The van der Waals surface area contributed by atoms with Crippen molar-refractivity contribution >= 4 is 35.0 Å². The number of hydrogen-bond acceptors (Lipinski definition) is 5. The zero-order valence-corrected chi connectivity index (χ0v) is 17.1. The van der Waals surface area contributed by atoms with Crippen molar-refractivity contribution in [3.63, 3.8) is 0 Å². The number of nitrogens with zero attached hydrogens (tertiary/aromatic N) is 4. The highest BCUT2D eigenvalue weighted by molar-refractivity contribution is 7.99. The number of thioether (sulfide) groups is 1. The van der Waals surface area contributed by atoms with Crippen LogP contribution in [-0.2, 0) is 4.79 Å². The van der Waals surface area contributed by atoms with Crippen molar-refractivity contribution in [3.8, 4) is 17.1 Å². The van der Waals surface area contributed by atoms with Gasteiger partial charge in [0.2, 0.25) is 5.91 Å². The van der Waals surface area contributed by atoms with Crippen LogP contribution in [0.25, 0.3) is 17.1 Å². The lowest BCUT2D eigenvalue weighted by Gasteiger charge is -2.10. The van der Waals surface area contributed by atoms with E-state index in [4.69, 9.17) is 11.6 Å². The van der Waals surface area contributed by atoms with E-state index >= 15 is 0 Å². The molecule has 1 amide bonds. The Hall–Kier alpha value is -3.23. The van der Waals surface area contributed by atoms with E-state index in [1.165, 1.54) is 23.9 Å². The van der Waals surface area contributed by atoms with Crippen molar-refractivity contribution in [3.05, 3.63) is 83.9 Å². The summed E-state index contributed by atoms with van der Waals surface area (Å²) in [4.78, 5) is 16.4. The Kier molecular flexibility index (Phi) is 6.06. The molecule has 2 aromatic carbocycles. The number of rotatable bonds is 6. The molecule has 0 unspecified atom stereocenters. The molecule has 2 aromatic heterocycles. The average Bonchev–Trinajstić information content (AvgIpc) is 3.19. The van der Waals surface area contributed by atoms with Gasteiger partial charge in [0.1, 0.15) is 5.82 Å². The topological polar surface area (TPSA) is 72.7 Å². The molecule has 4 aromatic rings. The Morgan fingerprint density at radius 1 is 1.07 bits per heavy atom. The molecule has 30 heavy (non-hydrogen) atoms. The van der Waals surface area contributed by atoms with Crippen molar-refractivity contribution in [1.29, 1.82) is 0 Å². The monoisotopic (exact) mass is 439 g/mol. The predicted molar refractivity (Wildman–Crippen MR) is 115 cm³/mol. The fourth-order valence-electron chi connectivity index (χ4n) is 2.77. The average molecular weight is 440 g/mol. The fraction of sp³-hybridized carbons (Fsp3) is 0.0476. The van der Waals surface area contributed by atoms with E-state index in [2.05, 4.69) is 20.5 Å². The second-order valence-corrected chi connectivity index (χ2v) is 7.52. The van der Waals surface area contributed by atoms with Gasteiger partial charge in [0.05, 0.1) is 16.5 Å². The number of aromatic nitrogens is 4. The molecular formula is C21H15ClFN5OS. The van der Waals surface area contributed by atoms with Crippen molar-refractivity contribution in [1.82, 2.24) is 19.7 Å². The number of nitrogens with one attached hydrogen (secondary N) is 1. The van der Waals surface area contributed by atoms with Gasteiger partial charge in [-0.3, -0.25) is 14.3 Å². The summed E-state index contributed by atoms with van der Waals surface area (Å²) in [6.45, 7) is 0. The first kappa shape index (κ1) is 20.1. The van der Waals surface area contributed by atoms with Crippen LogP contribution < -0.4 is 5.32 Å². The molecule has 0 aliphatic heterocycles. The Morgan fingerprint density at radius 2 is 1.83 bits per heavy atom. The first-order chi connectivity index (χ1) is 14.6. The first-order valence-electron chi connectivity index (χ1n) is 8.91. The molecule has 0 aliphatic rings. The zero-order chi connectivity index (χ0) is 20.9. The number of carbonyl (C=O) groups is 1. The highest BCUT2D eigenvalue weighted by Gasteiger charge is 2.17. The third-order valence-electron chi connectivity index (χ3n) is 4.12. The summed E-state index contributed by atoms with van der Waals surface area (Å²) >= 11 is 7.21. The molecule has 0 saturated carbocycles. The molecule has 0 aliphatic carbocycles. The Bertz CT molecular complexity index is 1170. The third kappa shape index (κ3) is 4.50. The molecule has 150 valence electrons. The molecule has 2 heterocycles. The molecule has 0 atom stereocenters. The van der Waals surface area contributed by atoms with E-state index < -0.39 is 5.82 Å². The standard InChI is InChI=1S/C21H15ClFN5OS/c22-17-12-15(23)6-7-18(17)25-19(29)13-30-21-27-26-20(14-8-10-24-11-9-14)28(21)16-4-2-1-3-5-16/h1-12H,13H2,(H,25,29). The second kappa shape index (κ2) is 9.06. The number of anilines is 1. The Morgan fingerprint density at radius 3 is 2.57 bits per heavy atom. The second-order valence-electron chi connectivity index (χ2n) is 6.17. The highest BCUT2D eigenvalue weighted by Crippen LogP contribution is 2.28. The fourth-order valence-corrected chi connectivity index (χ4v) is 3.73. The van der Waals surface area contributed by atoms with Gasteiger partial charge >= 0.3 is 0 Å². The van der Waals surface area contributed by atoms with Gasteiger partial charge in [-0.15, -0.1) is 10.2 Å². The summed E-state index contributed by atoms with van der Waals surface area (Å²) in [6.07, 6.45) is 3.37. The number of benzene rings is 2. The van der Waals surface area contributed by atoms with Crippen molar-refractivity contribution < 1.29 is 9.18 Å². The van der Waals surface area contributed by atoms with Crippen LogP contribution >= 0.6 is 23.4 Å².